The highest BCUT2D eigenvalue weighted by Crippen LogP contribution is 2.29. The molecule has 30 heavy (non-hydrogen) atoms. The predicted octanol–water partition coefficient (Wildman–Crippen LogP) is 4.62. The lowest BCUT2D eigenvalue weighted by Gasteiger charge is -2.02. The van der Waals surface area contributed by atoms with Crippen LogP contribution in [0.15, 0.2) is 65.2 Å². The summed E-state index contributed by atoms with van der Waals surface area (Å²) in [6, 6.07) is 19.0. The standard InChI is InChI=1S/C23H18N4O3/c24-11-6-12-27-15-18(22(26-27)16-7-2-1-3-8-16)13-17(14-21(28)29)23-25-19-9-4-5-10-20(19)30-23/h1-5,7-10,13,15H,6,12,14H2,(H,28,29)/b17-13+. The quantitative estimate of drug-likeness (QED) is 0.487. The van der Waals surface area contributed by atoms with E-state index in [1.165, 1.54) is 0 Å². The Morgan fingerprint density at radius 1 is 1.17 bits per heavy atom. The van der Waals surface area contributed by atoms with Crippen LogP contribution in [0.4, 0.5) is 0 Å². The number of hydrogen-bond acceptors (Lipinski definition) is 5. The summed E-state index contributed by atoms with van der Waals surface area (Å²) in [6.45, 7) is 0.446. The molecule has 0 saturated carbocycles. The van der Waals surface area contributed by atoms with Gasteiger partial charge in [-0.15, -0.1) is 0 Å². The predicted molar refractivity (Wildman–Crippen MR) is 112 cm³/mol. The summed E-state index contributed by atoms with van der Waals surface area (Å²) in [7, 11) is 0. The number of hydrogen-bond donors (Lipinski definition) is 1. The number of carboxylic acids is 1. The van der Waals surface area contributed by atoms with Gasteiger partial charge in [-0.1, -0.05) is 42.5 Å². The second kappa shape index (κ2) is 8.45. The molecular weight excluding hydrogens is 380 g/mol. The van der Waals surface area contributed by atoms with Gasteiger partial charge >= 0.3 is 5.97 Å². The Balaban J connectivity index is 1.83. The number of carbonyl (C=O) groups is 1. The van der Waals surface area contributed by atoms with Crippen LogP contribution >= 0.6 is 0 Å². The molecule has 4 rings (SSSR count). The summed E-state index contributed by atoms with van der Waals surface area (Å²) in [4.78, 5) is 16.0. The van der Waals surface area contributed by atoms with Gasteiger partial charge in [0.25, 0.3) is 0 Å². The Morgan fingerprint density at radius 3 is 2.67 bits per heavy atom. The fourth-order valence-corrected chi connectivity index (χ4v) is 3.19. The van der Waals surface area contributed by atoms with Crippen molar-refractivity contribution in [2.24, 2.45) is 0 Å². The number of fused-ring (bicyclic) bond motifs is 1. The first kappa shape index (κ1) is 19.2. The molecule has 1 N–H and O–H groups in total. The van der Waals surface area contributed by atoms with Gasteiger partial charge in [-0.2, -0.15) is 10.4 Å². The number of aryl methyl sites for hydroxylation is 1. The van der Waals surface area contributed by atoms with Crippen LogP contribution in [0, 0.1) is 11.3 Å². The molecule has 0 amide bonds. The van der Waals surface area contributed by atoms with Gasteiger partial charge in [-0.05, 0) is 18.2 Å². The average Bonchev–Trinajstić information content (AvgIpc) is 3.36. The maximum atomic E-state index is 11.5. The van der Waals surface area contributed by atoms with E-state index in [1.807, 2.05) is 54.7 Å². The van der Waals surface area contributed by atoms with Gasteiger partial charge in [0.05, 0.1) is 31.1 Å². The molecular formula is C23H18N4O3. The Morgan fingerprint density at radius 2 is 1.93 bits per heavy atom. The third-order valence-corrected chi connectivity index (χ3v) is 4.53. The first-order chi connectivity index (χ1) is 14.6. The fraction of sp³-hybridized carbons (Fsp3) is 0.130. The van der Waals surface area contributed by atoms with Gasteiger partial charge < -0.3 is 9.52 Å². The van der Waals surface area contributed by atoms with Crippen LogP contribution in [0.5, 0.6) is 0 Å². The van der Waals surface area contributed by atoms with Crippen LogP contribution in [-0.4, -0.2) is 25.8 Å². The molecule has 0 saturated heterocycles. The summed E-state index contributed by atoms with van der Waals surface area (Å²) in [5.41, 5.74) is 4.03. The molecule has 2 aromatic heterocycles. The number of aliphatic carboxylic acids is 1. The van der Waals surface area contributed by atoms with E-state index in [1.54, 1.807) is 16.8 Å². The fourth-order valence-electron chi connectivity index (χ4n) is 3.19. The van der Waals surface area contributed by atoms with Crippen molar-refractivity contribution in [3.05, 3.63) is 72.2 Å². The molecule has 0 radical (unpaired) electrons. The molecule has 0 aliphatic carbocycles. The Bertz CT molecular complexity index is 1230. The van der Waals surface area contributed by atoms with Crippen molar-refractivity contribution in [2.75, 3.05) is 0 Å². The van der Waals surface area contributed by atoms with Gasteiger partial charge in [-0.3, -0.25) is 9.48 Å². The number of aromatic nitrogens is 3. The van der Waals surface area contributed by atoms with E-state index in [4.69, 9.17) is 9.68 Å². The lowest BCUT2D eigenvalue weighted by atomic mass is 10.0. The van der Waals surface area contributed by atoms with Crippen LogP contribution in [0.1, 0.15) is 24.3 Å². The largest absolute Gasteiger partial charge is 0.481 e. The molecule has 0 bridgehead atoms. The van der Waals surface area contributed by atoms with Crippen molar-refractivity contribution in [2.45, 2.75) is 19.4 Å². The number of benzene rings is 2. The zero-order valence-corrected chi connectivity index (χ0v) is 16.0. The van der Waals surface area contributed by atoms with Crippen molar-refractivity contribution in [3.63, 3.8) is 0 Å². The third-order valence-electron chi connectivity index (χ3n) is 4.53. The van der Waals surface area contributed by atoms with E-state index in [9.17, 15) is 9.90 Å². The van der Waals surface area contributed by atoms with Crippen molar-refractivity contribution < 1.29 is 14.3 Å². The molecule has 148 valence electrons. The minimum absolute atomic E-state index is 0.246. The topological polar surface area (TPSA) is 105 Å². The normalized spacial score (nSPS) is 11.5. The number of nitriles is 1. The number of oxazole rings is 1. The van der Waals surface area contributed by atoms with Crippen molar-refractivity contribution >= 4 is 28.7 Å². The highest BCUT2D eigenvalue weighted by molar-refractivity contribution is 5.92. The molecule has 0 aliphatic heterocycles. The zero-order valence-electron chi connectivity index (χ0n) is 16.0. The SMILES string of the molecule is N#CCCn1cc(/C=C(\CC(=O)O)c2nc3ccccc3o2)c(-c2ccccc2)n1. The molecule has 2 heterocycles. The molecule has 0 fully saturated rings. The second-order valence-corrected chi connectivity index (χ2v) is 6.70. The Labute approximate surface area is 172 Å². The second-order valence-electron chi connectivity index (χ2n) is 6.70. The lowest BCUT2D eigenvalue weighted by molar-refractivity contribution is -0.135. The first-order valence-corrected chi connectivity index (χ1v) is 9.42. The van der Waals surface area contributed by atoms with Crippen LogP contribution in [0.2, 0.25) is 0 Å². The minimum atomic E-state index is -0.985. The maximum absolute atomic E-state index is 11.5. The number of para-hydroxylation sites is 2. The molecule has 0 unspecified atom stereocenters. The van der Waals surface area contributed by atoms with Crippen molar-refractivity contribution in [1.82, 2.24) is 14.8 Å². The molecule has 7 nitrogen and oxygen atoms in total. The monoisotopic (exact) mass is 398 g/mol. The first-order valence-electron chi connectivity index (χ1n) is 9.42. The van der Waals surface area contributed by atoms with Crippen LogP contribution in [-0.2, 0) is 11.3 Å². The minimum Gasteiger partial charge on any atom is -0.481 e. The van der Waals surface area contributed by atoms with E-state index < -0.39 is 5.97 Å². The number of nitrogens with zero attached hydrogens (tertiary/aromatic N) is 4. The average molecular weight is 398 g/mol. The van der Waals surface area contributed by atoms with E-state index in [-0.39, 0.29) is 12.3 Å². The molecule has 4 aromatic rings. The highest BCUT2D eigenvalue weighted by Gasteiger charge is 2.17. The summed E-state index contributed by atoms with van der Waals surface area (Å²) < 4.78 is 7.50. The zero-order chi connectivity index (χ0) is 20.9. The molecule has 2 aromatic carbocycles. The van der Waals surface area contributed by atoms with Crippen LogP contribution in [0.3, 0.4) is 0 Å². The molecule has 7 heteroatoms. The molecule has 0 aliphatic rings. The highest BCUT2D eigenvalue weighted by atomic mass is 16.4. The lowest BCUT2D eigenvalue weighted by Crippen LogP contribution is -1.97. The van der Waals surface area contributed by atoms with Gasteiger partial charge in [0.2, 0.25) is 5.89 Å². The van der Waals surface area contributed by atoms with Gasteiger partial charge in [0, 0.05) is 22.9 Å². The Hall–Kier alpha value is -4.18. The molecule has 0 spiro atoms. The molecule has 0 atom stereocenters. The van der Waals surface area contributed by atoms with E-state index in [0.29, 0.717) is 35.3 Å². The van der Waals surface area contributed by atoms with Crippen molar-refractivity contribution in [1.29, 1.82) is 5.26 Å². The third kappa shape index (κ3) is 4.13. The van der Waals surface area contributed by atoms with Crippen LogP contribution in [0.25, 0.3) is 34.0 Å². The van der Waals surface area contributed by atoms with Gasteiger partial charge in [0.1, 0.15) is 5.52 Å². The smallest absolute Gasteiger partial charge is 0.308 e. The van der Waals surface area contributed by atoms with Gasteiger partial charge in [-0.25, -0.2) is 4.98 Å². The summed E-state index contributed by atoms with van der Waals surface area (Å²) >= 11 is 0. The van der Waals surface area contributed by atoms with Crippen LogP contribution < -0.4 is 0 Å². The summed E-state index contributed by atoms with van der Waals surface area (Å²) in [6.07, 6.45) is 3.64. The number of rotatable bonds is 7. The summed E-state index contributed by atoms with van der Waals surface area (Å²) in [5, 5.41) is 22.9. The van der Waals surface area contributed by atoms with E-state index >= 15 is 0 Å². The van der Waals surface area contributed by atoms with Crippen molar-refractivity contribution in [3.8, 4) is 17.3 Å². The van der Waals surface area contributed by atoms with E-state index in [2.05, 4.69) is 16.2 Å². The Kier molecular flexibility index (Phi) is 5.39. The number of carboxylic acid groups (broad SMARTS) is 1. The van der Waals surface area contributed by atoms with E-state index in [0.717, 1.165) is 11.1 Å². The maximum Gasteiger partial charge on any atom is 0.308 e. The van der Waals surface area contributed by atoms with Gasteiger partial charge in [0.15, 0.2) is 5.58 Å². The summed E-state index contributed by atoms with van der Waals surface area (Å²) in [5.74, 6) is -0.718.